The van der Waals surface area contributed by atoms with Crippen LogP contribution in [0.15, 0.2) is 48.5 Å². The van der Waals surface area contributed by atoms with Gasteiger partial charge in [-0.15, -0.1) is 0 Å². The molecule has 0 bridgehead atoms. The molecule has 0 saturated heterocycles. The Hall–Kier alpha value is -1.80. The zero-order valence-electron chi connectivity index (χ0n) is 12.9. The van der Waals surface area contributed by atoms with Crippen LogP contribution in [0.5, 0.6) is 5.75 Å². The van der Waals surface area contributed by atoms with Crippen molar-refractivity contribution >= 4 is 0 Å². The Labute approximate surface area is 132 Å². The molecule has 2 N–H and O–H groups in total. The van der Waals surface area contributed by atoms with E-state index in [1.165, 1.54) is 30.4 Å². The minimum atomic E-state index is -0.00106. The zero-order chi connectivity index (χ0) is 15.0. The molecule has 0 aromatic heterocycles. The highest BCUT2D eigenvalue weighted by Crippen LogP contribution is 2.46. The predicted molar refractivity (Wildman–Crippen MR) is 89.9 cm³/mol. The van der Waals surface area contributed by atoms with Crippen molar-refractivity contribution in [2.24, 2.45) is 5.73 Å². The average molecular weight is 293 g/mol. The Bertz CT molecular complexity index is 659. The van der Waals surface area contributed by atoms with E-state index in [9.17, 15) is 0 Å². The molecule has 2 aromatic carbocycles. The first-order valence-electron chi connectivity index (χ1n) is 8.40. The van der Waals surface area contributed by atoms with Crippen molar-refractivity contribution in [1.82, 2.24) is 0 Å². The lowest BCUT2D eigenvalue weighted by molar-refractivity contribution is 0.00197. The molecule has 1 fully saturated rings. The molecule has 1 unspecified atom stereocenters. The molecule has 22 heavy (non-hydrogen) atoms. The molecule has 2 aromatic rings. The largest absolute Gasteiger partial charge is 0.487 e. The van der Waals surface area contributed by atoms with Crippen molar-refractivity contribution in [2.75, 3.05) is 0 Å². The van der Waals surface area contributed by atoms with E-state index in [-0.39, 0.29) is 11.6 Å². The Kier molecular flexibility index (Phi) is 3.42. The molecule has 2 nitrogen and oxygen atoms in total. The maximum absolute atomic E-state index is 6.52. The van der Waals surface area contributed by atoms with Crippen LogP contribution in [-0.4, -0.2) is 5.60 Å². The van der Waals surface area contributed by atoms with Gasteiger partial charge in [-0.05, 0) is 48.9 Å². The van der Waals surface area contributed by atoms with Crippen LogP contribution in [-0.2, 0) is 0 Å². The SMILES string of the molecule is NC1CC2(CCCCC2)Oc2ccc(-c3ccccc3)cc21. The summed E-state index contributed by atoms with van der Waals surface area (Å²) in [5.74, 6) is 1.00. The predicted octanol–water partition coefficient (Wildman–Crippen LogP) is 4.84. The van der Waals surface area contributed by atoms with Crippen LogP contribution in [0, 0.1) is 0 Å². The molecule has 0 amide bonds. The van der Waals surface area contributed by atoms with Crippen LogP contribution in [0.3, 0.4) is 0 Å². The minimum absolute atomic E-state index is 0.00106. The average Bonchev–Trinajstić information content (AvgIpc) is 2.56. The van der Waals surface area contributed by atoms with Crippen molar-refractivity contribution < 1.29 is 4.74 Å². The molecule has 1 atom stereocenters. The second kappa shape index (κ2) is 5.44. The van der Waals surface area contributed by atoms with Crippen LogP contribution < -0.4 is 10.5 Å². The summed E-state index contributed by atoms with van der Waals surface area (Å²) >= 11 is 0. The van der Waals surface area contributed by atoms with Gasteiger partial charge in [0.25, 0.3) is 0 Å². The molecular weight excluding hydrogens is 270 g/mol. The van der Waals surface area contributed by atoms with E-state index >= 15 is 0 Å². The number of hydrogen-bond acceptors (Lipinski definition) is 2. The van der Waals surface area contributed by atoms with Gasteiger partial charge in [-0.2, -0.15) is 0 Å². The lowest BCUT2D eigenvalue weighted by Gasteiger charge is -2.43. The maximum Gasteiger partial charge on any atom is 0.124 e. The van der Waals surface area contributed by atoms with Gasteiger partial charge in [0, 0.05) is 18.0 Å². The second-order valence-electron chi connectivity index (χ2n) is 6.77. The third kappa shape index (κ3) is 2.42. The summed E-state index contributed by atoms with van der Waals surface area (Å²) in [6, 6.07) is 17.0. The van der Waals surface area contributed by atoms with Crippen LogP contribution >= 0.6 is 0 Å². The molecule has 4 rings (SSSR count). The second-order valence-corrected chi connectivity index (χ2v) is 6.77. The molecular formula is C20H23NO. The van der Waals surface area contributed by atoms with Crippen molar-refractivity contribution in [3.63, 3.8) is 0 Å². The number of ether oxygens (including phenoxy) is 1. The molecule has 1 spiro atoms. The van der Waals surface area contributed by atoms with Crippen LogP contribution in [0.2, 0.25) is 0 Å². The Morgan fingerprint density at radius 2 is 1.68 bits per heavy atom. The summed E-state index contributed by atoms with van der Waals surface area (Å²) in [5.41, 5.74) is 10.1. The van der Waals surface area contributed by atoms with Gasteiger partial charge in [-0.1, -0.05) is 42.8 Å². The molecule has 1 aliphatic heterocycles. The van der Waals surface area contributed by atoms with Crippen molar-refractivity contribution in [1.29, 1.82) is 0 Å². The molecule has 0 radical (unpaired) electrons. The summed E-state index contributed by atoms with van der Waals surface area (Å²) in [5, 5.41) is 0. The topological polar surface area (TPSA) is 35.2 Å². The summed E-state index contributed by atoms with van der Waals surface area (Å²) in [6.45, 7) is 0. The highest BCUT2D eigenvalue weighted by Gasteiger charge is 2.40. The third-order valence-corrected chi connectivity index (χ3v) is 5.20. The highest BCUT2D eigenvalue weighted by atomic mass is 16.5. The number of benzene rings is 2. The monoisotopic (exact) mass is 293 g/mol. The highest BCUT2D eigenvalue weighted by molar-refractivity contribution is 5.66. The summed E-state index contributed by atoms with van der Waals surface area (Å²) in [7, 11) is 0. The van der Waals surface area contributed by atoms with Gasteiger partial charge in [-0.3, -0.25) is 0 Å². The van der Waals surface area contributed by atoms with E-state index < -0.39 is 0 Å². The number of rotatable bonds is 1. The van der Waals surface area contributed by atoms with Gasteiger partial charge in [0.05, 0.1) is 0 Å². The van der Waals surface area contributed by atoms with Crippen LogP contribution in [0.4, 0.5) is 0 Å². The van der Waals surface area contributed by atoms with Crippen LogP contribution in [0.25, 0.3) is 11.1 Å². The van der Waals surface area contributed by atoms with Gasteiger partial charge in [0.1, 0.15) is 11.4 Å². The van der Waals surface area contributed by atoms with E-state index in [1.807, 2.05) is 6.07 Å². The summed E-state index contributed by atoms with van der Waals surface area (Å²) < 4.78 is 6.44. The zero-order valence-corrected chi connectivity index (χ0v) is 12.9. The smallest absolute Gasteiger partial charge is 0.124 e. The van der Waals surface area contributed by atoms with E-state index in [2.05, 4.69) is 42.5 Å². The fraction of sp³-hybridized carbons (Fsp3) is 0.400. The van der Waals surface area contributed by atoms with E-state index in [0.717, 1.165) is 30.6 Å². The lowest BCUT2D eigenvalue weighted by Crippen LogP contribution is -2.44. The number of hydrogen-bond donors (Lipinski definition) is 1. The van der Waals surface area contributed by atoms with E-state index in [0.29, 0.717) is 0 Å². The summed E-state index contributed by atoms with van der Waals surface area (Å²) in [6.07, 6.45) is 7.13. The van der Waals surface area contributed by atoms with Gasteiger partial charge < -0.3 is 10.5 Å². The molecule has 2 aliphatic rings. The van der Waals surface area contributed by atoms with Gasteiger partial charge in [-0.25, -0.2) is 0 Å². The third-order valence-electron chi connectivity index (χ3n) is 5.20. The fourth-order valence-corrected chi connectivity index (χ4v) is 4.03. The Morgan fingerprint density at radius 3 is 2.45 bits per heavy atom. The fourth-order valence-electron chi connectivity index (χ4n) is 4.03. The number of fused-ring (bicyclic) bond motifs is 1. The first kappa shape index (κ1) is 13.8. The van der Waals surface area contributed by atoms with Gasteiger partial charge in [0.2, 0.25) is 0 Å². The Balaban J connectivity index is 1.69. The summed E-state index contributed by atoms with van der Waals surface area (Å²) in [4.78, 5) is 0. The van der Waals surface area contributed by atoms with Crippen LogP contribution in [0.1, 0.15) is 50.1 Å². The normalized spacial score (nSPS) is 22.9. The molecule has 1 saturated carbocycles. The van der Waals surface area contributed by atoms with Crippen molar-refractivity contribution in [3.8, 4) is 16.9 Å². The molecule has 114 valence electrons. The van der Waals surface area contributed by atoms with Crippen molar-refractivity contribution in [2.45, 2.75) is 50.2 Å². The van der Waals surface area contributed by atoms with E-state index in [4.69, 9.17) is 10.5 Å². The molecule has 2 heteroatoms. The number of nitrogens with two attached hydrogens (primary N) is 1. The molecule has 1 heterocycles. The van der Waals surface area contributed by atoms with Crippen molar-refractivity contribution in [3.05, 3.63) is 54.1 Å². The Morgan fingerprint density at radius 1 is 0.909 bits per heavy atom. The lowest BCUT2D eigenvalue weighted by atomic mass is 9.77. The van der Waals surface area contributed by atoms with Gasteiger partial charge in [0.15, 0.2) is 0 Å². The minimum Gasteiger partial charge on any atom is -0.487 e. The first-order chi connectivity index (χ1) is 10.8. The van der Waals surface area contributed by atoms with Gasteiger partial charge >= 0.3 is 0 Å². The quantitative estimate of drug-likeness (QED) is 0.816. The first-order valence-corrected chi connectivity index (χ1v) is 8.40. The van der Waals surface area contributed by atoms with E-state index in [1.54, 1.807) is 0 Å². The standard InChI is InChI=1S/C20H23NO/c21-18-14-20(11-5-2-6-12-20)22-19-10-9-16(13-17(18)19)15-7-3-1-4-8-15/h1,3-4,7-10,13,18H,2,5-6,11-12,14,21H2. The maximum atomic E-state index is 6.52. The molecule has 1 aliphatic carbocycles.